The van der Waals surface area contributed by atoms with E-state index in [1.165, 1.54) is 11.1 Å². The molecule has 5 nitrogen and oxygen atoms in total. The van der Waals surface area contributed by atoms with E-state index in [0.29, 0.717) is 23.2 Å². The summed E-state index contributed by atoms with van der Waals surface area (Å²) in [4.78, 5) is 18.4. The molecule has 0 bridgehead atoms. The van der Waals surface area contributed by atoms with Crippen LogP contribution in [0.5, 0.6) is 0 Å². The molecule has 0 saturated heterocycles. The van der Waals surface area contributed by atoms with E-state index in [1.807, 2.05) is 37.3 Å². The van der Waals surface area contributed by atoms with Gasteiger partial charge < -0.3 is 9.42 Å². The lowest BCUT2D eigenvalue weighted by molar-refractivity contribution is -0.130. The summed E-state index contributed by atoms with van der Waals surface area (Å²) in [6.45, 7) is 4.37. The average Bonchev–Trinajstić information content (AvgIpc) is 3.07. The van der Waals surface area contributed by atoms with Crippen LogP contribution in [0, 0.1) is 13.8 Å². The highest BCUT2D eigenvalue weighted by molar-refractivity contribution is 6.30. The molecule has 1 heterocycles. The molecule has 6 heteroatoms. The van der Waals surface area contributed by atoms with Gasteiger partial charge in [0.25, 0.3) is 0 Å². The minimum absolute atomic E-state index is 0.000467. The van der Waals surface area contributed by atoms with Crippen molar-refractivity contribution >= 4 is 17.5 Å². The Labute approximate surface area is 157 Å². The van der Waals surface area contributed by atoms with E-state index in [0.717, 1.165) is 11.1 Å². The van der Waals surface area contributed by atoms with Crippen molar-refractivity contribution in [2.45, 2.75) is 26.8 Å². The summed E-state index contributed by atoms with van der Waals surface area (Å²) < 4.78 is 5.27. The molecule has 1 aromatic heterocycles. The molecule has 0 aliphatic rings. The molecular formula is C20H20ClN3O2. The van der Waals surface area contributed by atoms with Gasteiger partial charge in [0.15, 0.2) is 0 Å². The summed E-state index contributed by atoms with van der Waals surface area (Å²) in [5.74, 6) is 0.872. The molecule has 26 heavy (non-hydrogen) atoms. The monoisotopic (exact) mass is 369 g/mol. The van der Waals surface area contributed by atoms with Gasteiger partial charge in [-0.3, -0.25) is 4.79 Å². The zero-order valence-corrected chi connectivity index (χ0v) is 15.7. The topological polar surface area (TPSA) is 59.2 Å². The van der Waals surface area contributed by atoms with Crippen LogP contribution in [0.4, 0.5) is 0 Å². The number of carbonyl (C=O) groups is 1. The summed E-state index contributed by atoms with van der Waals surface area (Å²) in [5.41, 5.74) is 4.21. The molecule has 0 atom stereocenters. The van der Waals surface area contributed by atoms with E-state index < -0.39 is 0 Å². The number of hydrogen-bond donors (Lipinski definition) is 0. The van der Waals surface area contributed by atoms with Crippen LogP contribution in [0.3, 0.4) is 0 Å². The Balaban J connectivity index is 1.64. The summed E-state index contributed by atoms with van der Waals surface area (Å²) in [5, 5.41) is 4.61. The number of hydrogen-bond acceptors (Lipinski definition) is 4. The van der Waals surface area contributed by atoms with E-state index in [9.17, 15) is 4.79 Å². The molecule has 3 rings (SSSR count). The van der Waals surface area contributed by atoms with Gasteiger partial charge in [-0.25, -0.2) is 0 Å². The second kappa shape index (κ2) is 7.70. The van der Waals surface area contributed by atoms with Gasteiger partial charge in [0, 0.05) is 17.6 Å². The van der Waals surface area contributed by atoms with Crippen molar-refractivity contribution in [2.75, 3.05) is 7.05 Å². The fourth-order valence-corrected chi connectivity index (χ4v) is 2.68. The first-order chi connectivity index (χ1) is 12.4. The predicted octanol–water partition coefficient (Wildman–Crippen LogP) is 4.21. The van der Waals surface area contributed by atoms with Crippen molar-refractivity contribution < 1.29 is 9.32 Å². The molecule has 0 aliphatic heterocycles. The number of likely N-dealkylation sites (N-methyl/N-ethyl adjacent to an activating group) is 1. The number of amides is 1. The number of rotatable bonds is 5. The molecule has 1 amide bonds. The van der Waals surface area contributed by atoms with E-state index >= 15 is 0 Å². The summed E-state index contributed by atoms with van der Waals surface area (Å²) in [7, 11) is 1.73. The Bertz CT molecular complexity index is 919. The number of halogens is 1. The van der Waals surface area contributed by atoms with Crippen molar-refractivity contribution in [1.82, 2.24) is 15.0 Å². The van der Waals surface area contributed by atoms with Crippen LogP contribution in [-0.4, -0.2) is 28.0 Å². The van der Waals surface area contributed by atoms with Gasteiger partial charge in [0.2, 0.25) is 17.6 Å². The van der Waals surface area contributed by atoms with Gasteiger partial charge in [-0.2, -0.15) is 4.98 Å². The molecule has 0 fully saturated rings. The number of aryl methyl sites for hydroxylation is 2. The van der Waals surface area contributed by atoms with Crippen molar-refractivity contribution in [3.8, 4) is 11.4 Å². The SMILES string of the molecule is Cc1ccc(CC(=O)N(C)Cc2nc(-c3ccc(Cl)cc3)no2)cc1C. The van der Waals surface area contributed by atoms with Gasteiger partial charge >= 0.3 is 0 Å². The second-order valence-corrected chi connectivity index (χ2v) is 6.80. The van der Waals surface area contributed by atoms with Gasteiger partial charge in [0.05, 0.1) is 13.0 Å². The third kappa shape index (κ3) is 4.29. The summed E-state index contributed by atoms with van der Waals surface area (Å²) in [6.07, 6.45) is 0.343. The molecule has 134 valence electrons. The molecule has 2 aromatic carbocycles. The average molecular weight is 370 g/mol. The summed E-state index contributed by atoms with van der Waals surface area (Å²) in [6, 6.07) is 13.3. The van der Waals surface area contributed by atoms with Crippen LogP contribution >= 0.6 is 11.6 Å². The smallest absolute Gasteiger partial charge is 0.246 e. The maximum Gasteiger partial charge on any atom is 0.246 e. The minimum Gasteiger partial charge on any atom is -0.337 e. The zero-order chi connectivity index (χ0) is 18.7. The normalized spacial score (nSPS) is 10.8. The van der Waals surface area contributed by atoms with E-state index in [2.05, 4.69) is 17.1 Å². The van der Waals surface area contributed by atoms with Crippen molar-refractivity contribution in [3.63, 3.8) is 0 Å². The predicted molar refractivity (Wildman–Crippen MR) is 101 cm³/mol. The number of carbonyl (C=O) groups excluding carboxylic acids is 1. The Hall–Kier alpha value is -2.66. The zero-order valence-electron chi connectivity index (χ0n) is 15.0. The highest BCUT2D eigenvalue weighted by Crippen LogP contribution is 2.19. The van der Waals surface area contributed by atoms with Crippen LogP contribution < -0.4 is 0 Å². The first-order valence-electron chi connectivity index (χ1n) is 8.31. The van der Waals surface area contributed by atoms with Crippen LogP contribution in [-0.2, 0) is 17.8 Å². The lowest BCUT2D eigenvalue weighted by Gasteiger charge is -2.15. The van der Waals surface area contributed by atoms with Crippen LogP contribution in [0.2, 0.25) is 5.02 Å². The minimum atomic E-state index is -0.000467. The lowest BCUT2D eigenvalue weighted by atomic mass is 10.0. The molecule has 0 unspecified atom stereocenters. The molecule has 0 N–H and O–H groups in total. The molecule has 0 aliphatic carbocycles. The van der Waals surface area contributed by atoms with Gasteiger partial charge in [0.1, 0.15) is 0 Å². The van der Waals surface area contributed by atoms with E-state index in [-0.39, 0.29) is 12.5 Å². The number of aromatic nitrogens is 2. The highest BCUT2D eigenvalue weighted by Gasteiger charge is 2.15. The van der Waals surface area contributed by atoms with Gasteiger partial charge in [-0.15, -0.1) is 0 Å². The van der Waals surface area contributed by atoms with E-state index in [1.54, 1.807) is 24.1 Å². The molecule has 0 radical (unpaired) electrons. The fourth-order valence-electron chi connectivity index (χ4n) is 2.55. The third-order valence-electron chi connectivity index (χ3n) is 4.30. The Morgan fingerprint density at radius 2 is 1.85 bits per heavy atom. The van der Waals surface area contributed by atoms with E-state index in [4.69, 9.17) is 16.1 Å². The molecule has 0 saturated carbocycles. The van der Waals surface area contributed by atoms with Gasteiger partial charge in [-0.05, 0) is 54.8 Å². The molecule has 0 spiro atoms. The molecular weight excluding hydrogens is 350 g/mol. The first-order valence-corrected chi connectivity index (χ1v) is 8.69. The van der Waals surface area contributed by atoms with Crippen LogP contribution in [0.15, 0.2) is 47.0 Å². The maximum absolute atomic E-state index is 12.4. The number of nitrogens with zero attached hydrogens (tertiary/aromatic N) is 3. The van der Waals surface area contributed by atoms with Crippen molar-refractivity contribution in [3.05, 3.63) is 70.1 Å². The largest absolute Gasteiger partial charge is 0.337 e. The Morgan fingerprint density at radius 1 is 1.12 bits per heavy atom. The Morgan fingerprint density at radius 3 is 2.54 bits per heavy atom. The van der Waals surface area contributed by atoms with Crippen LogP contribution in [0.1, 0.15) is 22.6 Å². The third-order valence-corrected chi connectivity index (χ3v) is 4.55. The molecule has 3 aromatic rings. The maximum atomic E-state index is 12.4. The quantitative estimate of drug-likeness (QED) is 0.676. The van der Waals surface area contributed by atoms with Crippen molar-refractivity contribution in [2.24, 2.45) is 0 Å². The standard InChI is InChI=1S/C20H20ClN3O2/c1-13-4-5-15(10-14(13)2)11-19(25)24(3)12-18-22-20(23-26-18)16-6-8-17(21)9-7-16/h4-10H,11-12H2,1-3H3. The van der Waals surface area contributed by atoms with Crippen molar-refractivity contribution in [1.29, 1.82) is 0 Å². The lowest BCUT2D eigenvalue weighted by Crippen LogP contribution is -2.27. The fraction of sp³-hybridized carbons (Fsp3) is 0.250. The first kappa shape index (κ1) is 18.1. The number of benzene rings is 2. The second-order valence-electron chi connectivity index (χ2n) is 6.36. The highest BCUT2D eigenvalue weighted by atomic mass is 35.5. The van der Waals surface area contributed by atoms with Gasteiger partial charge in [-0.1, -0.05) is 35.0 Å². The summed E-state index contributed by atoms with van der Waals surface area (Å²) >= 11 is 5.88. The van der Waals surface area contributed by atoms with Crippen LogP contribution in [0.25, 0.3) is 11.4 Å². The Kier molecular flexibility index (Phi) is 5.38.